The van der Waals surface area contributed by atoms with E-state index in [0.717, 1.165) is 29.8 Å². The molecule has 0 unspecified atom stereocenters. The molecule has 1 aromatic heterocycles. The molecule has 7 nitrogen and oxygen atoms in total. The van der Waals surface area contributed by atoms with Crippen LogP contribution >= 0.6 is 12.4 Å². The predicted octanol–water partition coefficient (Wildman–Crippen LogP) is 0.861. The van der Waals surface area contributed by atoms with Crippen molar-refractivity contribution in [3.05, 3.63) is 40.7 Å². The summed E-state index contributed by atoms with van der Waals surface area (Å²) in [6.45, 7) is 1.97. The zero-order chi connectivity index (χ0) is 15.5. The van der Waals surface area contributed by atoms with Crippen molar-refractivity contribution in [3.63, 3.8) is 0 Å². The lowest BCUT2D eigenvalue weighted by atomic mass is 10.1. The van der Waals surface area contributed by atoms with Gasteiger partial charge in [-0.2, -0.15) is 5.10 Å². The molecule has 0 spiro atoms. The summed E-state index contributed by atoms with van der Waals surface area (Å²) in [6, 6.07) is 4.63. The van der Waals surface area contributed by atoms with Crippen molar-refractivity contribution in [2.45, 2.75) is 19.4 Å². The summed E-state index contributed by atoms with van der Waals surface area (Å²) < 4.78 is 0. The van der Waals surface area contributed by atoms with E-state index in [2.05, 4.69) is 20.8 Å². The number of benzene rings is 1. The highest BCUT2D eigenvalue weighted by molar-refractivity contribution is 5.94. The fourth-order valence-corrected chi connectivity index (χ4v) is 2.54. The first-order valence-electron chi connectivity index (χ1n) is 7.21. The van der Waals surface area contributed by atoms with Crippen molar-refractivity contribution in [2.75, 3.05) is 13.1 Å². The van der Waals surface area contributed by atoms with Crippen molar-refractivity contribution < 1.29 is 15.0 Å². The topological polar surface area (TPSA) is 110 Å². The number of H-pyrrole nitrogens is 1. The molecule has 1 aliphatic heterocycles. The molecule has 0 saturated heterocycles. The number of phenolic OH excluding ortho intramolecular Hbond substituents is 2. The minimum atomic E-state index is -0.204. The Labute approximate surface area is 139 Å². The number of hydrogen-bond acceptors (Lipinski definition) is 5. The standard InChI is InChI=1S/C15H18N4O3.ClH/c20-12-2-1-9(7-13(12)21)3-6-17-15(22)14-10-8-16-5-4-11(10)18-19-14;/h1-2,7,16,20-21H,3-6,8H2,(H,17,22)(H,18,19);1H. The predicted molar refractivity (Wildman–Crippen MR) is 87.1 cm³/mol. The summed E-state index contributed by atoms with van der Waals surface area (Å²) >= 11 is 0. The molecule has 1 amide bonds. The van der Waals surface area contributed by atoms with Gasteiger partial charge in [-0.25, -0.2) is 0 Å². The van der Waals surface area contributed by atoms with Crippen molar-refractivity contribution in [1.29, 1.82) is 0 Å². The third kappa shape index (κ3) is 3.75. The second-order valence-corrected chi connectivity index (χ2v) is 5.29. The monoisotopic (exact) mass is 338 g/mol. The number of rotatable bonds is 4. The summed E-state index contributed by atoms with van der Waals surface area (Å²) in [6.07, 6.45) is 1.41. The third-order valence-electron chi connectivity index (χ3n) is 3.76. The Morgan fingerprint density at radius 2 is 2.13 bits per heavy atom. The number of nitrogens with one attached hydrogen (secondary N) is 3. The number of halogens is 1. The lowest BCUT2D eigenvalue weighted by Crippen LogP contribution is -2.29. The molecule has 3 rings (SSSR count). The van der Waals surface area contributed by atoms with Gasteiger partial charge in [0.2, 0.25) is 0 Å². The highest BCUT2D eigenvalue weighted by atomic mass is 35.5. The van der Waals surface area contributed by atoms with Gasteiger partial charge in [-0.05, 0) is 24.1 Å². The van der Waals surface area contributed by atoms with Gasteiger partial charge in [0, 0.05) is 37.3 Å². The van der Waals surface area contributed by atoms with Crippen LogP contribution in [0.1, 0.15) is 27.3 Å². The van der Waals surface area contributed by atoms with Crippen molar-refractivity contribution in [2.24, 2.45) is 0 Å². The van der Waals surface area contributed by atoms with Gasteiger partial charge >= 0.3 is 0 Å². The molecular formula is C15H19ClN4O3. The minimum absolute atomic E-state index is 0. The number of phenols is 2. The summed E-state index contributed by atoms with van der Waals surface area (Å²) in [4.78, 5) is 12.2. The van der Waals surface area contributed by atoms with E-state index in [0.29, 0.717) is 25.2 Å². The van der Waals surface area contributed by atoms with Gasteiger partial charge < -0.3 is 20.8 Å². The van der Waals surface area contributed by atoms with Crippen molar-refractivity contribution >= 4 is 18.3 Å². The number of aromatic amines is 1. The quantitative estimate of drug-likeness (QED) is 0.531. The van der Waals surface area contributed by atoms with Gasteiger partial charge in [0.15, 0.2) is 17.2 Å². The van der Waals surface area contributed by atoms with Gasteiger partial charge in [-0.15, -0.1) is 12.4 Å². The van der Waals surface area contributed by atoms with E-state index in [1.54, 1.807) is 6.07 Å². The number of aromatic hydroxyl groups is 2. The van der Waals surface area contributed by atoms with Gasteiger partial charge in [0.25, 0.3) is 5.91 Å². The Balaban J connectivity index is 0.00000192. The largest absolute Gasteiger partial charge is 0.504 e. The smallest absolute Gasteiger partial charge is 0.272 e. The summed E-state index contributed by atoms with van der Waals surface area (Å²) in [5.41, 5.74) is 3.23. The van der Waals surface area contributed by atoms with Crippen LogP contribution in [0.5, 0.6) is 11.5 Å². The molecule has 124 valence electrons. The maximum atomic E-state index is 12.2. The lowest BCUT2D eigenvalue weighted by molar-refractivity contribution is 0.0948. The number of amides is 1. The molecule has 0 saturated carbocycles. The molecule has 23 heavy (non-hydrogen) atoms. The van der Waals surface area contributed by atoms with Gasteiger partial charge in [0.05, 0.1) is 0 Å². The summed E-state index contributed by atoms with van der Waals surface area (Å²) in [5.74, 6) is -0.510. The number of aromatic nitrogens is 2. The van der Waals surface area contributed by atoms with E-state index in [4.69, 9.17) is 0 Å². The van der Waals surface area contributed by atoms with E-state index >= 15 is 0 Å². The number of carbonyl (C=O) groups excluding carboxylic acids is 1. The number of carbonyl (C=O) groups is 1. The van der Waals surface area contributed by atoms with Gasteiger partial charge in [0.1, 0.15) is 0 Å². The van der Waals surface area contributed by atoms with Crippen LogP contribution in [0.2, 0.25) is 0 Å². The van der Waals surface area contributed by atoms with Crippen molar-refractivity contribution in [3.8, 4) is 11.5 Å². The Morgan fingerprint density at radius 3 is 2.91 bits per heavy atom. The maximum absolute atomic E-state index is 12.2. The molecule has 0 aliphatic carbocycles. The number of nitrogens with zero attached hydrogens (tertiary/aromatic N) is 1. The van der Waals surface area contributed by atoms with Crippen LogP contribution in [0, 0.1) is 0 Å². The molecule has 0 atom stereocenters. The molecule has 0 bridgehead atoms. The Morgan fingerprint density at radius 1 is 1.30 bits per heavy atom. The van der Waals surface area contributed by atoms with E-state index in [-0.39, 0.29) is 29.8 Å². The number of fused-ring (bicyclic) bond motifs is 1. The van der Waals surface area contributed by atoms with Crippen LogP contribution in [0.3, 0.4) is 0 Å². The van der Waals surface area contributed by atoms with E-state index in [1.165, 1.54) is 12.1 Å². The van der Waals surface area contributed by atoms with E-state index in [1.807, 2.05) is 0 Å². The Hall–Kier alpha value is -2.25. The van der Waals surface area contributed by atoms with Gasteiger partial charge in [-0.1, -0.05) is 6.07 Å². The molecule has 0 fully saturated rings. The zero-order valence-electron chi connectivity index (χ0n) is 12.4. The molecule has 2 aromatic rings. The summed E-state index contributed by atoms with van der Waals surface area (Å²) in [5, 5.41) is 31.8. The molecular weight excluding hydrogens is 320 g/mol. The van der Waals surface area contributed by atoms with Crippen LogP contribution in [-0.2, 0) is 19.4 Å². The average molecular weight is 339 g/mol. The van der Waals surface area contributed by atoms with Crippen LogP contribution in [0.15, 0.2) is 18.2 Å². The highest BCUT2D eigenvalue weighted by Gasteiger charge is 2.21. The fourth-order valence-electron chi connectivity index (χ4n) is 2.54. The fraction of sp³-hybridized carbons (Fsp3) is 0.333. The molecule has 0 radical (unpaired) electrons. The molecule has 5 N–H and O–H groups in total. The van der Waals surface area contributed by atoms with Crippen LogP contribution in [0.4, 0.5) is 0 Å². The van der Waals surface area contributed by atoms with Crippen LogP contribution in [0.25, 0.3) is 0 Å². The number of hydrogen-bond donors (Lipinski definition) is 5. The van der Waals surface area contributed by atoms with E-state index < -0.39 is 0 Å². The van der Waals surface area contributed by atoms with Crippen LogP contribution in [-0.4, -0.2) is 39.4 Å². The first-order chi connectivity index (χ1) is 10.6. The van der Waals surface area contributed by atoms with Gasteiger partial charge in [-0.3, -0.25) is 9.89 Å². The molecule has 8 heteroatoms. The van der Waals surface area contributed by atoms with Crippen molar-refractivity contribution in [1.82, 2.24) is 20.8 Å². The lowest BCUT2D eigenvalue weighted by Gasteiger charge is -2.12. The second-order valence-electron chi connectivity index (χ2n) is 5.29. The Kier molecular flexibility index (Phi) is 5.46. The molecule has 1 aromatic carbocycles. The normalized spacial score (nSPS) is 13.0. The SMILES string of the molecule is Cl.O=C(NCCc1ccc(O)c(O)c1)c1n[nH]c2c1CNCC2. The highest BCUT2D eigenvalue weighted by Crippen LogP contribution is 2.24. The molecule has 2 heterocycles. The maximum Gasteiger partial charge on any atom is 0.272 e. The van der Waals surface area contributed by atoms with E-state index in [9.17, 15) is 15.0 Å². The second kappa shape index (κ2) is 7.34. The average Bonchev–Trinajstić information content (AvgIpc) is 2.95. The Bertz CT molecular complexity index is 702. The zero-order valence-corrected chi connectivity index (χ0v) is 13.2. The third-order valence-corrected chi connectivity index (χ3v) is 3.76. The van der Waals surface area contributed by atoms with Crippen LogP contribution < -0.4 is 10.6 Å². The first kappa shape index (κ1) is 17.1. The molecule has 1 aliphatic rings. The minimum Gasteiger partial charge on any atom is -0.504 e. The summed E-state index contributed by atoms with van der Waals surface area (Å²) in [7, 11) is 0. The first-order valence-corrected chi connectivity index (χ1v) is 7.21.